The van der Waals surface area contributed by atoms with E-state index in [1.165, 1.54) is 6.26 Å². The molecule has 0 spiro atoms. The third-order valence-corrected chi connectivity index (χ3v) is 2.11. The van der Waals surface area contributed by atoms with Gasteiger partial charge in [-0.3, -0.25) is 15.2 Å². The summed E-state index contributed by atoms with van der Waals surface area (Å²) in [6, 6.07) is 5.19. The molecule has 0 aliphatic rings. The highest BCUT2D eigenvalue weighted by Crippen LogP contribution is 2.14. The van der Waals surface area contributed by atoms with Gasteiger partial charge in [0.2, 0.25) is 0 Å². The highest BCUT2D eigenvalue weighted by molar-refractivity contribution is 5.92. The zero-order valence-corrected chi connectivity index (χ0v) is 8.92. The van der Waals surface area contributed by atoms with Gasteiger partial charge in [-0.15, -0.1) is 0 Å². The average Bonchev–Trinajstić information content (AvgIpc) is 2.85. The zero-order valence-electron chi connectivity index (χ0n) is 8.92. The summed E-state index contributed by atoms with van der Waals surface area (Å²) in [5, 5.41) is 0. The van der Waals surface area contributed by atoms with Crippen molar-refractivity contribution in [3.8, 4) is 5.75 Å². The molecular formula is C11H11N3O3. The third-order valence-electron chi connectivity index (χ3n) is 2.11. The van der Waals surface area contributed by atoms with Crippen molar-refractivity contribution >= 4 is 5.91 Å². The van der Waals surface area contributed by atoms with Gasteiger partial charge in [-0.25, -0.2) is 5.84 Å². The van der Waals surface area contributed by atoms with E-state index in [0.29, 0.717) is 11.3 Å². The molecule has 3 N–H and O–H groups in total. The van der Waals surface area contributed by atoms with Gasteiger partial charge >= 0.3 is 5.91 Å². The first-order valence-corrected chi connectivity index (χ1v) is 4.91. The largest absolute Gasteiger partial charge is 0.487 e. The van der Waals surface area contributed by atoms with E-state index in [4.69, 9.17) is 15.0 Å². The SMILES string of the molecule is NNC(=O)c1occc1COc1cccnc1. The third kappa shape index (κ3) is 2.61. The number of nitrogens with two attached hydrogens (primary N) is 1. The second-order valence-electron chi connectivity index (χ2n) is 3.23. The van der Waals surface area contributed by atoms with E-state index in [2.05, 4.69) is 4.98 Å². The molecule has 17 heavy (non-hydrogen) atoms. The smallest absolute Gasteiger partial charge is 0.301 e. The second kappa shape index (κ2) is 5.13. The Labute approximate surface area is 97.4 Å². The maximum Gasteiger partial charge on any atom is 0.301 e. The Kier molecular flexibility index (Phi) is 3.37. The number of furan rings is 1. The lowest BCUT2D eigenvalue weighted by Crippen LogP contribution is -2.30. The Bertz CT molecular complexity index is 496. The van der Waals surface area contributed by atoms with Crippen molar-refractivity contribution in [2.75, 3.05) is 0 Å². The number of hydrogen-bond acceptors (Lipinski definition) is 5. The number of rotatable bonds is 4. The minimum absolute atomic E-state index is 0.149. The molecule has 0 aliphatic heterocycles. The zero-order chi connectivity index (χ0) is 12.1. The van der Waals surface area contributed by atoms with Crippen LogP contribution in [0.3, 0.4) is 0 Å². The van der Waals surface area contributed by atoms with Crippen molar-refractivity contribution < 1.29 is 13.9 Å². The van der Waals surface area contributed by atoms with E-state index in [1.807, 2.05) is 5.43 Å². The standard InChI is InChI=1S/C11H11N3O3/c12-14-11(15)10-8(3-5-16-10)7-17-9-2-1-4-13-6-9/h1-6H,7,12H2,(H,14,15). The van der Waals surface area contributed by atoms with Gasteiger partial charge in [0.05, 0.1) is 12.5 Å². The van der Waals surface area contributed by atoms with Crippen LogP contribution in [0, 0.1) is 0 Å². The van der Waals surface area contributed by atoms with Crippen LogP contribution < -0.4 is 16.0 Å². The van der Waals surface area contributed by atoms with Gasteiger partial charge in [0.25, 0.3) is 0 Å². The van der Waals surface area contributed by atoms with Crippen molar-refractivity contribution in [3.05, 3.63) is 48.2 Å². The summed E-state index contributed by atoms with van der Waals surface area (Å²) in [5.74, 6) is 5.31. The summed E-state index contributed by atoms with van der Waals surface area (Å²) in [6.07, 6.45) is 4.65. The molecule has 88 valence electrons. The Morgan fingerprint density at radius 1 is 1.53 bits per heavy atom. The van der Waals surface area contributed by atoms with E-state index in [-0.39, 0.29) is 12.4 Å². The van der Waals surface area contributed by atoms with Gasteiger partial charge in [-0.05, 0) is 18.2 Å². The molecule has 0 aliphatic carbocycles. The lowest BCUT2D eigenvalue weighted by molar-refractivity contribution is 0.0922. The lowest BCUT2D eigenvalue weighted by Gasteiger charge is -2.04. The van der Waals surface area contributed by atoms with Crippen LogP contribution >= 0.6 is 0 Å². The number of nitrogen functional groups attached to an aromatic ring is 1. The Morgan fingerprint density at radius 2 is 2.41 bits per heavy atom. The van der Waals surface area contributed by atoms with E-state index >= 15 is 0 Å². The van der Waals surface area contributed by atoms with Crippen LogP contribution in [0.25, 0.3) is 0 Å². The van der Waals surface area contributed by atoms with Crippen LogP contribution in [-0.2, 0) is 6.61 Å². The molecule has 0 bridgehead atoms. The first-order chi connectivity index (χ1) is 8.31. The first kappa shape index (κ1) is 11.2. The van der Waals surface area contributed by atoms with Crippen LogP contribution in [0.1, 0.15) is 16.1 Å². The summed E-state index contributed by atoms with van der Waals surface area (Å²) in [4.78, 5) is 15.2. The number of amides is 1. The number of pyridine rings is 1. The number of aromatic nitrogens is 1. The van der Waals surface area contributed by atoms with Gasteiger partial charge < -0.3 is 9.15 Å². The molecule has 6 nitrogen and oxygen atoms in total. The normalized spacial score (nSPS) is 9.94. The van der Waals surface area contributed by atoms with Crippen molar-refractivity contribution in [1.29, 1.82) is 0 Å². The molecule has 1 amide bonds. The van der Waals surface area contributed by atoms with E-state index in [9.17, 15) is 4.79 Å². The van der Waals surface area contributed by atoms with Crippen LogP contribution in [0.5, 0.6) is 5.75 Å². The summed E-state index contributed by atoms with van der Waals surface area (Å²) in [7, 11) is 0. The van der Waals surface area contributed by atoms with E-state index < -0.39 is 5.91 Å². The second-order valence-corrected chi connectivity index (χ2v) is 3.23. The molecule has 2 aromatic rings. The van der Waals surface area contributed by atoms with Crippen molar-refractivity contribution in [3.63, 3.8) is 0 Å². The Morgan fingerprint density at radius 3 is 3.12 bits per heavy atom. The van der Waals surface area contributed by atoms with Gasteiger partial charge in [-0.2, -0.15) is 0 Å². The minimum Gasteiger partial charge on any atom is -0.487 e. The predicted octanol–water partition coefficient (Wildman–Crippen LogP) is 0.857. The molecule has 2 aromatic heterocycles. The minimum atomic E-state index is -0.486. The summed E-state index contributed by atoms with van der Waals surface area (Å²) in [6.45, 7) is 0.213. The molecule has 0 saturated carbocycles. The van der Waals surface area contributed by atoms with Crippen LogP contribution in [0.15, 0.2) is 41.3 Å². The Balaban J connectivity index is 2.05. The molecule has 2 heterocycles. The highest BCUT2D eigenvalue weighted by Gasteiger charge is 2.14. The van der Waals surface area contributed by atoms with Gasteiger partial charge in [-0.1, -0.05) is 0 Å². The van der Waals surface area contributed by atoms with Crippen LogP contribution in [0.4, 0.5) is 0 Å². The molecule has 0 saturated heterocycles. The van der Waals surface area contributed by atoms with E-state index in [0.717, 1.165) is 0 Å². The molecule has 0 atom stereocenters. The summed E-state index contributed by atoms with van der Waals surface area (Å²) < 4.78 is 10.5. The van der Waals surface area contributed by atoms with Crippen molar-refractivity contribution in [2.24, 2.45) is 5.84 Å². The predicted molar refractivity (Wildman–Crippen MR) is 58.9 cm³/mol. The molecule has 0 fully saturated rings. The number of nitrogens with one attached hydrogen (secondary N) is 1. The number of hydrogen-bond donors (Lipinski definition) is 2. The quantitative estimate of drug-likeness (QED) is 0.464. The molecule has 2 rings (SSSR count). The van der Waals surface area contributed by atoms with Crippen LogP contribution in [0.2, 0.25) is 0 Å². The number of carbonyl (C=O) groups excluding carboxylic acids is 1. The number of ether oxygens (including phenoxy) is 1. The van der Waals surface area contributed by atoms with Crippen LogP contribution in [-0.4, -0.2) is 10.9 Å². The Hall–Kier alpha value is -2.34. The molecule has 0 unspecified atom stereocenters. The van der Waals surface area contributed by atoms with Crippen molar-refractivity contribution in [1.82, 2.24) is 10.4 Å². The fourth-order valence-corrected chi connectivity index (χ4v) is 1.31. The fourth-order valence-electron chi connectivity index (χ4n) is 1.31. The maximum atomic E-state index is 11.3. The number of carbonyl (C=O) groups is 1. The lowest BCUT2D eigenvalue weighted by atomic mass is 10.2. The van der Waals surface area contributed by atoms with Gasteiger partial charge in [0.1, 0.15) is 12.4 Å². The number of hydrazine groups is 1. The number of nitrogens with zero attached hydrogens (tertiary/aromatic N) is 1. The topological polar surface area (TPSA) is 90.4 Å². The molecular weight excluding hydrogens is 222 g/mol. The molecule has 6 heteroatoms. The van der Waals surface area contributed by atoms with E-state index in [1.54, 1.807) is 30.6 Å². The summed E-state index contributed by atoms with van der Waals surface area (Å²) in [5.41, 5.74) is 2.63. The van der Waals surface area contributed by atoms with Gasteiger partial charge in [0.15, 0.2) is 5.76 Å². The first-order valence-electron chi connectivity index (χ1n) is 4.91. The maximum absolute atomic E-state index is 11.3. The highest BCUT2D eigenvalue weighted by atomic mass is 16.5. The molecule has 0 radical (unpaired) electrons. The van der Waals surface area contributed by atoms with Gasteiger partial charge in [0, 0.05) is 11.8 Å². The summed E-state index contributed by atoms with van der Waals surface area (Å²) >= 11 is 0. The average molecular weight is 233 g/mol. The van der Waals surface area contributed by atoms with Crippen molar-refractivity contribution in [2.45, 2.75) is 6.61 Å². The fraction of sp³-hybridized carbons (Fsp3) is 0.0909. The molecule has 0 aromatic carbocycles. The monoisotopic (exact) mass is 233 g/mol.